The van der Waals surface area contributed by atoms with Crippen LogP contribution in [0, 0.1) is 0 Å². The van der Waals surface area contributed by atoms with Crippen molar-refractivity contribution >= 4 is 5.97 Å². The average molecular weight is 240 g/mol. The highest BCUT2D eigenvalue weighted by Crippen LogP contribution is 2.19. The minimum atomic E-state index is -1.07. The Balaban J connectivity index is 2.29. The summed E-state index contributed by atoms with van der Waals surface area (Å²) in [6.45, 7) is 4.14. The van der Waals surface area contributed by atoms with Crippen molar-refractivity contribution in [1.82, 2.24) is 0 Å². The van der Waals surface area contributed by atoms with Gasteiger partial charge in [0, 0.05) is 6.07 Å². The molecule has 0 aliphatic heterocycles. The summed E-state index contributed by atoms with van der Waals surface area (Å²) in [5.41, 5.74) is 0. The standard InChI is InChI=1S/C13H20O4/c1-3-4-5-6-7-10(2)16-12-9-8-11(17-12)13(14)15/h8-10H,3-7H2,1-2H3,(H,14,15). The lowest BCUT2D eigenvalue weighted by Crippen LogP contribution is -2.10. The second-order valence-electron chi connectivity index (χ2n) is 4.20. The minimum absolute atomic E-state index is 0.0552. The molecule has 1 aromatic rings. The molecule has 0 radical (unpaired) electrons. The van der Waals surface area contributed by atoms with E-state index in [9.17, 15) is 4.79 Å². The number of ether oxygens (including phenoxy) is 1. The first-order valence-corrected chi connectivity index (χ1v) is 6.13. The third-order valence-electron chi connectivity index (χ3n) is 2.57. The molecule has 0 amide bonds. The Morgan fingerprint density at radius 1 is 1.41 bits per heavy atom. The number of unbranched alkanes of at least 4 members (excludes halogenated alkanes) is 3. The Kier molecular flexibility index (Phi) is 5.60. The molecule has 0 aliphatic carbocycles. The van der Waals surface area contributed by atoms with Crippen LogP contribution >= 0.6 is 0 Å². The van der Waals surface area contributed by atoms with Gasteiger partial charge in [-0.25, -0.2) is 4.79 Å². The molecule has 1 atom stereocenters. The highest BCUT2D eigenvalue weighted by molar-refractivity contribution is 5.84. The zero-order valence-electron chi connectivity index (χ0n) is 10.4. The molecule has 0 bridgehead atoms. The predicted molar refractivity (Wildman–Crippen MR) is 64.5 cm³/mol. The molecule has 1 rings (SSSR count). The maximum Gasteiger partial charge on any atom is 0.371 e. The van der Waals surface area contributed by atoms with Crippen LogP contribution in [-0.2, 0) is 0 Å². The first kappa shape index (κ1) is 13.6. The first-order chi connectivity index (χ1) is 8.13. The number of carboxylic acids is 1. The Morgan fingerprint density at radius 3 is 2.76 bits per heavy atom. The van der Waals surface area contributed by atoms with Crippen molar-refractivity contribution in [2.24, 2.45) is 0 Å². The van der Waals surface area contributed by atoms with Gasteiger partial charge in [-0.3, -0.25) is 0 Å². The number of aromatic carboxylic acids is 1. The van der Waals surface area contributed by atoms with E-state index in [1.807, 2.05) is 6.92 Å². The van der Waals surface area contributed by atoms with Crippen molar-refractivity contribution in [3.8, 4) is 5.95 Å². The molecule has 17 heavy (non-hydrogen) atoms. The van der Waals surface area contributed by atoms with Gasteiger partial charge in [-0.1, -0.05) is 26.2 Å². The highest BCUT2D eigenvalue weighted by Gasteiger charge is 2.11. The van der Waals surface area contributed by atoms with E-state index in [1.165, 1.54) is 25.3 Å². The lowest BCUT2D eigenvalue weighted by molar-refractivity contribution is 0.0646. The summed E-state index contributed by atoms with van der Waals surface area (Å²) in [5, 5.41) is 8.68. The molecule has 1 unspecified atom stereocenters. The summed E-state index contributed by atoms with van der Waals surface area (Å²) in [5.74, 6) is -0.876. The quantitative estimate of drug-likeness (QED) is 0.703. The molecule has 0 aliphatic rings. The monoisotopic (exact) mass is 240 g/mol. The smallest absolute Gasteiger partial charge is 0.371 e. The van der Waals surface area contributed by atoms with E-state index in [2.05, 4.69) is 6.92 Å². The number of hydrogen-bond acceptors (Lipinski definition) is 3. The topological polar surface area (TPSA) is 59.7 Å². The maximum atomic E-state index is 10.6. The zero-order chi connectivity index (χ0) is 12.7. The van der Waals surface area contributed by atoms with Gasteiger partial charge >= 0.3 is 5.97 Å². The molecule has 0 saturated carbocycles. The van der Waals surface area contributed by atoms with Gasteiger partial charge in [0.25, 0.3) is 5.95 Å². The molecule has 0 fully saturated rings. The third-order valence-corrected chi connectivity index (χ3v) is 2.57. The molecule has 0 spiro atoms. The van der Waals surface area contributed by atoms with Crippen LogP contribution < -0.4 is 4.74 Å². The Morgan fingerprint density at radius 2 is 2.18 bits per heavy atom. The van der Waals surface area contributed by atoms with Gasteiger partial charge in [-0.05, 0) is 25.8 Å². The van der Waals surface area contributed by atoms with Crippen LogP contribution in [0.2, 0.25) is 0 Å². The fraction of sp³-hybridized carbons (Fsp3) is 0.615. The van der Waals surface area contributed by atoms with Gasteiger partial charge in [0.1, 0.15) is 0 Å². The molecule has 96 valence electrons. The summed E-state index contributed by atoms with van der Waals surface area (Å²) in [6, 6.07) is 2.95. The van der Waals surface area contributed by atoms with Crippen LogP contribution in [-0.4, -0.2) is 17.2 Å². The summed E-state index contributed by atoms with van der Waals surface area (Å²) in [6.07, 6.45) is 5.82. The molecule has 1 heterocycles. The lowest BCUT2D eigenvalue weighted by atomic mass is 10.1. The fourth-order valence-corrected chi connectivity index (χ4v) is 1.61. The molecule has 0 aromatic carbocycles. The van der Waals surface area contributed by atoms with Gasteiger partial charge in [0.15, 0.2) is 0 Å². The van der Waals surface area contributed by atoms with Gasteiger partial charge in [-0.2, -0.15) is 0 Å². The summed E-state index contributed by atoms with van der Waals surface area (Å²) in [7, 11) is 0. The van der Waals surface area contributed by atoms with Crippen molar-refractivity contribution < 1.29 is 19.1 Å². The average Bonchev–Trinajstić information content (AvgIpc) is 2.73. The molecule has 4 nitrogen and oxygen atoms in total. The molecular weight excluding hydrogens is 220 g/mol. The van der Waals surface area contributed by atoms with Crippen molar-refractivity contribution in [2.45, 2.75) is 52.1 Å². The molecule has 0 saturated heterocycles. The summed E-state index contributed by atoms with van der Waals surface area (Å²) in [4.78, 5) is 10.6. The van der Waals surface area contributed by atoms with Gasteiger partial charge in [0.2, 0.25) is 5.76 Å². The fourth-order valence-electron chi connectivity index (χ4n) is 1.61. The van der Waals surface area contributed by atoms with E-state index in [4.69, 9.17) is 14.3 Å². The number of furan rings is 1. The Labute approximate surface area is 102 Å². The normalized spacial score (nSPS) is 12.4. The SMILES string of the molecule is CCCCCCC(C)Oc1ccc(C(=O)O)o1. The van der Waals surface area contributed by atoms with E-state index in [1.54, 1.807) is 6.07 Å². The zero-order valence-corrected chi connectivity index (χ0v) is 10.4. The molecule has 4 heteroatoms. The van der Waals surface area contributed by atoms with Crippen molar-refractivity contribution in [3.63, 3.8) is 0 Å². The predicted octanol–water partition coefficient (Wildman–Crippen LogP) is 3.72. The van der Waals surface area contributed by atoms with Gasteiger partial charge in [-0.15, -0.1) is 0 Å². The van der Waals surface area contributed by atoms with E-state index in [0.29, 0.717) is 0 Å². The van der Waals surface area contributed by atoms with Crippen molar-refractivity contribution in [2.75, 3.05) is 0 Å². The van der Waals surface area contributed by atoms with Crippen LogP contribution in [0.15, 0.2) is 16.5 Å². The number of carboxylic acid groups (broad SMARTS) is 1. The second-order valence-corrected chi connectivity index (χ2v) is 4.20. The summed E-state index contributed by atoms with van der Waals surface area (Å²) < 4.78 is 10.5. The largest absolute Gasteiger partial charge is 0.475 e. The van der Waals surface area contributed by atoms with Crippen LogP contribution in [0.4, 0.5) is 0 Å². The van der Waals surface area contributed by atoms with Crippen LogP contribution in [0.1, 0.15) is 56.5 Å². The lowest BCUT2D eigenvalue weighted by Gasteiger charge is -2.11. The van der Waals surface area contributed by atoms with Crippen LogP contribution in [0.5, 0.6) is 5.95 Å². The Hall–Kier alpha value is -1.45. The number of rotatable bonds is 8. The number of carbonyl (C=O) groups is 1. The van der Waals surface area contributed by atoms with Crippen LogP contribution in [0.25, 0.3) is 0 Å². The van der Waals surface area contributed by atoms with E-state index in [-0.39, 0.29) is 17.8 Å². The van der Waals surface area contributed by atoms with E-state index >= 15 is 0 Å². The van der Waals surface area contributed by atoms with Gasteiger partial charge < -0.3 is 14.3 Å². The third kappa shape index (κ3) is 4.93. The minimum Gasteiger partial charge on any atom is -0.475 e. The second kappa shape index (κ2) is 6.99. The molecule has 1 N–H and O–H groups in total. The van der Waals surface area contributed by atoms with Crippen molar-refractivity contribution in [3.05, 3.63) is 17.9 Å². The molecular formula is C13H20O4. The van der Waals surface area contributed by atoms with E-state index < -0.39 is 5.97 Å². The first-order valence-electron chi connectivity index (χ1n) is 6.13. The number of hydrogen-bond donors (Lipinski definition) is 1. The van der Waals surface area contributed by atoms with Gasteiger partial charge in [0.05, 0.1) is 6.10 Å². The maximum absolute atomic E-state index is 10.6. The van der Waals surface area contributed by atoms with Crippen LogP contribution in [0.3, 0.4) is 0 Å². The van der Waals surface area contributed by atoms with Crippen molar-refractivity contribution in [1.29, 1.82) is 0 Å². The van der Waals surface area contributed by atoms with E-state index in [0.717, 1.165) is 12.8 Å². The highest BCUT2D eigenvalue weighted by atomic mass is 16.6. The Bertz CT molecular complexity index is 343. The summed E-state index contributed by atoms with van der Waals surface area (Å²) >= 11 is 0. The molecule has 1 aromatic heterocycles.